The summed E-state index contributed by atoms with van der Waals surface area (Å²) in [4.78, 5) is 23.7. The number of hydrogen-bond donors (Lipinski definition) is 2. The van der Waals surface area contributed by atoms with Gasteiger partial charge in [-0.3, -0.25) is 9.59 Å². The number of amides is 1. The quantitative estimate of drug-likeness (QED) is 0.724. The third-order valence-corrected chi connectivity index (χ3v) is 4.43. The van der Waals surface area contributed by atoms with Crippen LogP contribution in [0.4, 0.5) is 0 Å². The number of fused-ring (bicyclic) bond motifs is 2. The minimum atomic E-state index is -0.835. The highest BCUT2D eigenvalue weighted by molar-refractivity contribution is 5.87. The Bertz CT molecular complexity index is 391. The van der Waals surface area contributed by atoms with Crippen LogP contribution in [0.3, 0.4) is 0 Å². The maximum absolute atomic E-state index is 12.3. The van der Waals surface area contributed by atoms with Crippen molar-refractivity contribution < 1.29 is 14.7 Å². The lowest BCUT2D eigenvalue weighted by atomic mass is 9.82. The molecule has 1 fully saturated rings. The number of aliphatic carboxylic acids is 1. The number of carbonyl (C=O) groups is 2. The summed E-state index contributed by atoms with van der Waals surface area (Å²) in [5, 5.41) is 12.3. The molecule has 0 aromatic carbocycles. The van der Waals surface area contributed by atoms with E-state index in [9.17, 15) is 14.7 Å². The van der Waals surface area contributed by atoms with Crippen molar-refractivity contribution in [3.05, 3.63) is 12.2 Å². The van der Waals surface area contributed by atoms with Gasteiger partial charge in [0.05, 0.1) is 11.8 Å². The van der Waals surface area contributed by atoms with Crippen molar-refractivity contribution in [1.29, 1.82) is 0 Å². The van der Waals surface area contributed by atoms with Crippen molar-refractivity contribution >= 4 is 11.9 Å². The summed E-state index contributed by atoms with van der Waals surface area (Å²) < 4.78 is 0. The lowest BCUT2D eigenvalue weighted by Crippen LogP contribution is -2.43. The number of unbranched alkanes of at least 4 members (excludes halogenated alkanes) is 1. The molecule has 2 rings (SSSR count). The molecule has 19 heavy (non-hydrogen) atoms. The van der Waals surface area contributed by atoms with E-state index in [4.69, 9.17) is 0 Å². The Kier molecular flexibility index (Phi) is 4.27. The van der Waals surface area contributed by atoms with Gasteiger partial charge in [-0.15, -0.1) is 0 Å². The maximum atomic E-state index is 12.3. The van der Waals surface area contributed by atoms with Crippen molar-refractivity contribution in [2.45, 2.75) is 45.6 Å². The van der Waals surface area contributed by atoms with Gasteiger partial charge in [0.15, 0.2) is 0 Å². The molecule has 0 saturated heterocycles. The van der Waals surface area contributed by atoms with E-state index in [1.165, 1.54) is 0 Å². The fraction of sp³-hybridized carbons (Fsp3) is 0.733. The van der Waals surface area contributed by atoms with Crippen LogP contribution in [0, 0.1) is 23.7 Å². The SMILES string of the molecule is CCCCC(C)NC(=O)[C@H]1C2C=CC(C2)[C@H]1C(=O)O. The average molecular weight is 265 g/mol. The molecule has 2 aliphatic rings. The Balaban J connectivity index is 1.98. The van der Waals surface area contributed by atoms with Gasteiger partial charge in [-0.2, -0.15) is 0 Å². The Morgan fingerprint density at radius 3 is 2.53 bits per heavy atom. The minimum Gasteiger partial charge on any atom is -0.481 e. The van der Waals surface area contributed by atoms with E-state index in [0.29, 0.717) is 0 Å². The van der Waals surface area contributed by atoms with Gasteiger partial charge in [0.1, 0.15) is 0 Å². The molecule has 0 aromatic heterocycles. The van der Waals surface area contributed by atoms with Gasteiger partial charge in [0.2, 0.25) is 5.91 Å². The first kappa shape index (κ1) is 14.1. The number of hydrogen-bond acceptors (Lipinski definition) is 2. The Morgan fingerprint density at radius 1 is 1.32 bits per heavy atom. The number of rotatable bonds is 6. The summed E-state index contributed by atoms with van der Waals surface area (Å²) in [5.41, 5.74) is 0. The summed E-state index contributed by atoms with van der Waals surface area (Å²) >= 11 is 0. The Hall–Kier alpha value is -1.32. The molecule has 0 spiro atoms. The average Bonchev–Trinajstić information content (AvgIpc) is 2.95. The van der Waals surface area contributed by atoms with Crippen molar-refractivity contribution in [3.8, 4) is 0 Å². The molecule has 2 bridgehead atoms. The summed E-state index contributed by atoms with van der Waals surface area (Å²) in [5.74, 6) is -1.66. The van der Waals surface area contributed by atoms with Gasteiger partial charge in [-0.1, -0.05) is 31.9 Å². The fourth-order valence-electron chi connectivity index (χ4n) is 3.44. The van der Waals surface area contributed by atoms with Crippen molar-refractivity contribution in [3.63, 3.8) is 0 Å². The topological polar surface area (TPSA) is 66.4 Å². The zero-order valence-electron chi connectivity index (χ0n) is 11.6. The van der Waals surface area contributed by atoms with Crippen LogP contribution in [-0.4, -0.2) is 23.0 Å². The molecule has 2 N–H and O–H groups in total. The van der Waals surface area contributed by atoms with Gasteiger partial charge < -0.3 is 10.4 Å². The third-order valence-electron chi connectivity index (χ3n) is 4.43. The van der Waals surface area contributed by atoms with Crippen LogP contribution >= 0.6 is 0 Å². The molecule has 4 nitrogen and oxygen atoms in total. The van der Waals surface area contributed by atoms with Crippen LogP contribution < -0.4 is 5.32 Å². The van der Waals surface area contributed by atoms with Gasteiger partial charge in [-0.25, -0.2) is 0 Å². The summed E-state index contributed by atoms with van der Waals surface area (Å²) in [6.45, 7) is 4.11. The Morgan fingerprint density at radius 2 is 1.95 bits per heavy atom. The van der Waals surface area contributed by atoms with E-state index >= 15 is 0 Å². The number of nitrogens with one attached hydrogen (secondary N) is 1. The van der Waals surface area contributed by atoms with Crippen LogP contribution in [0.1, 0.15) is 39.5 Å². The molecular weight excluding hydrogens is 242 g/mol. The number of carboxylic acids is 1. The Labute approximate surface area is 114 Å². The zero-order valence-corrected chi connectivity index (χ0v) is 11.6. The first-order valence-corrected chi connectivity index (χ1v) is 7.26. The minimum absolute atomic E-state index is 0.0456. The first-order valence-electron chi connectivity index (χ1n) is 7.26. The van der Waals surface area contributed by atoms with Crippen LogP contribution in [0.25, 0.3) is 0 Å². The molecule has 4 heteroatoms. The number of carbonyl (C=O) groups excluding carboxylic acids is 1. The summed E-state index contributed by atoms with van der Waals surface area (Å²) in [6.07, 6.45) is 7.95. The molecule has 0 aliphatic heterocycles. The van der Waals surface area contributed by atoms with Crippen molar-refractivity contribution in [2.24, 2.45) is 23.7 Å². The highest BCUT2D eigenvalue weighted by Crippen LogP contribution is 2.48. The number of allylic oxidation sites excluding steroid dienone is 2. The summed E-state index contributed by atoms with van der Waals surface area (Å²) in [7, 11) is 0. The maximum Gasteiger partial charge on any atom is 0.307 e. The molecule has 1 saturated carbocycles. The van der Waals surface area contributed by atoms with Gasteiger partial charge in [0.25, 0.3) is 0 Å². The fourth-order valence-corrected chi connectivity index (χ4v) is 3.44. The van der Waals surface area contributed by atoms with Crippen molar-refractivity contribution in [2.75, 3.05) is 0 Å². The molecule has 0 aromatic rings. The predicted octanol–water partition coefficient (Wildman–Crippen LogP) is 2.20. The molecule has 1 amide bonds. The van der Waals surface area contributed by atoms with Gasteiger partial charge >= 0.3 is 5.97 Å². The lowest BCUT2D eigenvalue weighted by Gasteiger charge is -2.25. The highest BCUT2D eigenvalue weighted by Gasteiger charge is 2.51. The molecule has 5 atom stereocenters. The molecule has 3 unspecified atom stereocenters. The number of carboxylic acid groups (broad SMARTS) is 1. The van der Waals surface area contributed by atoms with Crippen LogP contribution in [0.15, 0.2) is 12.2 Å². The first-order chi connectivity index (χ1) is 9.04. The monoisotopic (exact) mass is 265 g/mol. The second-order valence-corrected chi connectivity index (χ2v) is 5.89. The standard InChI is InChI=1S/C15H23NO3/c1-3-4-5-9(2)16-14(17)12-10-6-7-11(8-10)13(12)15(18)19/h6-7,9-13H,3-5,8H2,1-2H3,(H,16,17)(H,18,19)/t9?,10?,11?,12-,13+/m0/s1. The zero-order chi connectivity index (χ0) is 14.0. The predicted molar refractivity (Wildman–Crippen MR) is 72.5 cm³/mol. The third kappa shape index (κ3) is 2.82. The smallest absolute Gasteiger partial charge is 0.307 e. The normalized spacial score (nSPS) is 33.4. The van der Waals surface area contributed by atoms with E-state index in [1.807, 2.05) is 19.1 Å². The van der Waals surface area contributed by atoms with Gasteiger partial charge in [-0.05, 0) is 31.6 Å². The van der Waals surface area contributed by atoms with Crippen LogP contribution in [0.5, 0.6) is 0 Å². The second-order valence-electron chi connectivity index (χ2n) is 5.89. The summed E-state index contributed by atoms with van der Waals surface area (Å²) in [6, 6.07) is 0.130. The molecule has 0 radical (unpaired) electrons. The van der Waals surface area contributed by atoms with Crippen molar-refractivity contribution in [1.82, 2.24) is 5.32 Å². The molecular formula is C15H23NO3. The van der Waals surface area contributed by atoms with Gasteiger partial charge in [0, 0.05) is 6.04 Å². The van der Waals surface area contributed by atoms with Crippen LogP contribution in [0.2, 0.25) is 0 Å². The molecule has 106 valence electrons. The van der Waals surface area contributed by atoms with E-state index in [0.717, 1.165) is 25.7 Å². The highest BCUT2D eigenvalue weighted by atomic mass is 16.4. The van der Waals surface area contributed by atoms with E-state index in [-0.39, 0.29) is 29.7 Å². The van der Waals surface area contributed by atoms with E-state index < -0.39 is 11.9 Å². The largest absolute Gasteiger partial charge is 0.481 e. The molecule has 0 heterocycles. The lowest BCUT2D eigenvalue weighted by molar-refractivity contribution is -0.148. The van der Waals surface area contributed by atoms with Crippen LogP contribution in [-0.2, 0) is 9.59 Å². The van der Waals surface area contributed by atoms with E-state index in [2.05, 4.69) is 12.2 Å². The second kappa shape index (κ2) is 5.76. The molecule has 2 aliphatic carbocycles. The van der Waals surface area contributed by atoms with E-state index in [1.54, 1.807) is 0 Å².